The van der Waals surface area contributed by atoms with E-state index in [0.29, 0.717) is 37.3 Å². The van der Waals surface area contributed by atoms with Gasteiger partial charge in [-0.3, -0.25) is 9.59 Å². The maximum absolute atomic E-state index is 12.6. The van der Waals surface area contributed by atoms with E-state index in [1.165, 1.54) is 52.1 Å². The van der Waals surface area contributed by atoms with Crippen LogP contribution in [0, 0.1) is 17.8 Å². The third-order valence-corrected chi connectivity index (χ3v) is 16.1. The normalized spacial score (nSPS) is 18.4. The second-order valence-electron chi connectivity index (χ2n) is 20.9. The third kappa shape index (κ3) is 9.69. The molecule has 4 N–H and O–H groups in total. The predicted molar refractivity (Wildman–Crippen MR) is 281 cm³/mol. The number of rotatable bonds is 13. The van der Waals surface area contributed by atoms with Gasteiger partial charge in [0, 0.05) is 11.4 Å². The molecule has 2 aromatic heterocycles. The van der Waals surface area contributed by atoms with Crippen LogP contribution >= 0.6 is 0 Å². The standard InChI is InChI=1S/C30H28F3N3O3.C30H31N3O2/c31-30(32,33)39-22-12-10-21(11-13-22)34-28-35-24-17-19(18-29(27(37)38)15-4-16-29)9-14-26(24)36(28)25-8-3-6-20-5-1-2-7-23(20)25;1-20-10-13-23(14-11-20)31-29-32-25-18-21(19-30(28(34)35)16-5-17-30)12-15-27(25)33(29)26-9-4-7-22-6-2-3-8-24(22)26/h1-2,5,7,9-14,17,25H,3-4,6,8,15-16,18H2,(H,34,35)(H,37,38);2-3,6,8,10-15,18,26H,4-5,7,9,16-17,19H2,1H3,(H,31,32)(H,34,35)/t25-;26-/m01/s1. The number of benzene rings is 6. The average molecular weight is 1000 g/mol. The Morgan fingerprint density at radius 3 is 1.45 bits per heavy atom. The van der Waals surface area contributed by atoms with Gasteiger partial charge in [-0.2, -0.15) is 0 Å². The van der Waals surface area contributed by atoms with Crippen LogP contribution < -0.4 is 15.4 Å². The summed E-state index contributed by atoms with van der Waals surface area (Å²) >= 11 is 0. The SMILES string of the molecule is Cc1ccc(Nc2nc3cc(CC4(C(=O)O)CCC4)ccc3n2[C@@H]2CCCc3ccccc32)cc1.O=C(O)C1(Cc2ccc3c(c2)nc(Nc2ccc(OC(F)(F)F)cc2)n3[C@H]2CCCc3ccccc32)CCC1. The van der Waals surface area contributed by atoms with Crippen LogP contribution in [0.15, 0.2) is 133 Å². The van der Waals surface area contributed by atoms with E-state index in [4.69, 9.17) is 9.97 Å². The van der Waals surface area contributed by atoms with E-state index in [1.807, 2.05) is 30.3 Å². The molecule has 380 valence electrons. The Morgan fingerprint density at radius 1 is 0.608 bits per heavy atom. The van der Waals surface area contributed by atoms with Crippen LogP contribution in [-0.2, 0) is 35.3 Å². The summed E-state index contributed by atoms with van der Waals surface area (Å²) in [7, 11) is 0. The fraction of sp³-hybridized carbons (Fsp3) is 0.333. The Hall–Kier alpha value is -7.61. The largest absolute Gasteiger partial charge is 0.573 e. The summed E-state index contributed by atoms with van der Waals surface area (Å²) in [5.41, 5.74) is 12.4. The van der Waals surface area contributed by atoms with E-state index < -0.39 is 29.1 Å². The molecule has 0 bridgehead atoms. The van der Waals surface area contributed by atoms with Crippen LogP contribution in [-0.4, -0.2) is 47.6 Å². The number of alkyl halides is 3. The third-order valence-electron chi connectivity index (χ3n) is 16.1. The summed E-state index contributed by atoms with van der Waals surface area (Å²) in [5.74, 6) is -0.312. The van der Waals surface area contributed by atoms with Gasteiger partial charge in [0.15, 0.2) is 0 Å². The van der Waals surface area contributed by atoms with Gasteiger partial charge in [0.25, 0.3) is 0 Å². The van der Waals surface area contributed by atoms with Crippen LogP contribution in [0.25, 0.3) is 22.1 Å². The minimum absolute atomic E-state index is 0.0260. The number of nitrogens with one attached hydrogen (secondary N) is 2. The topological polar surface area (TPSA) is 144 Å². The van der Waals surface area contributed by atoms with E-state index >= 15 is 0 Å². The number of halogens is 3. The first kappa shape index (κ1) is 48.6. The maximum Gasteiger partial charge on any atom is 0.573 e. The van der Waals surface area contributed by atoms with E-state index in [-0.39, 0.29) is 17.8 Å². The molecule has 8 aromatic rings. The number of ether oxygens (including phenoxy) is 1. The molecular formula is C60H59F3N6O5. The van der Waals surface area contributed by atoms with Crippen LogP contribution in [0.5, 0.6) is 5.75 Å². The molecule has 0 spiro atoms. The molecule has 12 rings (SSSR count). The average Bonchev–Trinajstić information content (AvgIpc) is 3.90. The predicted octanol–water partition coefficient (Wildman–Crippen LogP) is 14.2. The number of hydrogen-bond donors (Lipinski definition) is 4. The Bertz CT molecular complexity index is 3370. The minimum Gasteiger partial charge on any atom is -0.481 e. The van der Waals surface area contributed by atoms with Crippen molar-refractivity contribution in [2.45, 2.75) is 115 Å². The lowest BCUT2D eigenvalue weighted by molar-refractivity contribution is -0.274. The van der Waals surface area contributed by atoms with Crippen molar-refractivity contribution in [1.29, 1.82) is 0 Å². The zero-order valence-corrected chi connectivity index (χ0v) is 41.3. The van der Waals surface area contributed by atoms with E-state index in [9.17, 15) is 33.0 Å². The Kier molecular flexibility index (Phi) is 12.9. The first-order valence-corrected chi connectivity index (χ1v) is 25.8. The monoisotopic (exact) mass is 1000 g/mol. The molecular weight excluding hydrogens is 942 g/mol. The summed E-state index contributed by atoms with van der Waals surface area (Å²) in [4.78, 5) is 33.9. The van der Waals surface area contributed by atoms with Gasteiger partial charge in [0.1, 0.15) is 5.75 Å². The number of nitrogens with zero attached hydrogens (tertiary/aromatic N) is 4. The van der Waals surface area contributed by atoms with Gasteiger partial charge in [-0.25, -0.2) is 9.97 Å². The number of fused-ring (bicyclic) bond motifs is 4. The van der Waals surface area contributed by atoms with Gasteiger partial charge in [-0.1, -0.05) is 91.2 Å². The second kappa shape index (κ2) is 19.7. The van der Waals surface area contributed by atoms with Crippen LogP contribution in [0.2, 0.25) is 0 Å². The van der Waals surface area contributed by atoms with Gasteiger partial charge in [-0.05, 0) is 178 Å². The smallest absolute Gasteiger partial charge is 0.481 e. The molecule has 4 aliphatic carbocycles. The molecule has 0 amide bonds. The second-order valence-corrected chi connectivity index (χ2v) is 20.9. The van der Waals surface area contributed by atoms with Crippen molar-refractivity contribution < 1.29 is 37.7 Å². The first-order valence-electron chi connectivity index (χ1n) is 25.8. The summed E-state index contributed by atoms with van der Waals surface area (Å²) in [5, 5.41) is 26.5. The Balaban J connectivity index is 0.000000160. The molecule has 2 saturated carbocycles. The zero-order valence-electron chi connectivity index (χ0n) is 41.3. The fourth-order valence-electron chi connectivity index (χ4n) is 11.9. The molecule has 2 atom stereocenters. The van der Waals surface area contributed by atoms with Crippen molar-refractivity contribution in [3.05, 3.63) is 172 Å². The van der Waals surface area contributed by atoms with Gasteiger partial charge in [0.2, 0.25) is 11.9 Å². The van der Waals surface area contributed by atoms with Gasteiger partial charge in [-0.15, -0.1) is 13.2 Å². The molecule has 74 heavy (non-hydrogen) atoms. The quantitative estimate of drug-likeness (QED) is 0.0887. The van der Waals surface area contributed by atoms with Crippen molar-refractivity contribution in [1.82, 2.24) is 19.1 Å². The highest BCUT2D eigenvalue weighted by molar-refractivity contribution is 5.83. The highest BCUT2D eigenvalue weighted by Crippen LogP contribution is 2.47. The number of aryl methyl sites for hydroxylation is 3. The number of carboxylic acids is 2. The number of aliphatic carboxylic acids is 2. The lowest BCUT2D eigenvalue weighted by Crippen LogP contribution is -2.39. The van der Waals surface area contributed by atoms with Gasteiger partial charge in [0.05, 0.1) is 45.0 Å². The van der Waals surface area contributed by atoms with Crippen molar-refractivity contribution in [2.75, 3.05) is 10.6 Å². The number of imidazole rings is 2. The van der Waals surface area contributed by atoms with E-state index in [1.54, 1.807) is 0 Å². The number of hydrogen-bond acceptors (Lipinski definition) is 7. The number of carbonyl (C=O) groups is 2. The number of anilines is 4. The van der Waals surface area contributed by atoms with Crippen molar-refractivity contribution in [2.24, 2.45) is 10.8 Å². The summed E-state index contributed by atoms with van der Waals surface area (Å²) < 4.78 is 46.3. The molecule has 4 aliphatic rings. The number of carboxylic acid groups (broad SMARTS) is 2. The molecule has 6 aromatic carbocycles. The Morgan fingerprint density at radius 2 is 1.04 bits per heavy atom. The highest BCUT2D eigenvalue weighted by atomic mass is 19.4. The molecule has 0 radical (unpaired) electrons. The zero-order chi connectivity index (χ0) is 51.2. The summed E-state index contributed by atoms with van der Waals surface area (Å²) in [6, 6.07) is 43.6. The molecule has 2 fully saturated rings. The lowest BCUT2D eigenvalue weighted by Gasteiger charge is -2.37. The summed E-state index contributed by atoms with van der Waals surface area (Å²) in [6.45, 7) is 2.09. The fourth-order valence-corrected chi connectivity index (χ4v) is 11.9. The molecule has 0 saturated heterocycles. The first-order chi connectivity index (χ1) is 35.7. The van der Waals surface area contributed by atoms with Gasteiger partial charge >= 0.3 is 18.3 Å². The maximum atomic E-state index is 12.6. The number of aromatic nitrogens is 4. The van der Waals surface area contributed by atoms with Crippen LogP contribution in [0.3, 0.4) is 0 Å². The minimum atomic E-state index is -4.76. The molecule has 11 nitrogen and oxygen atoms in total. The van der Waals surface area contributed by atoms with Crippen molar-refractivity contribution >= 4 is 57.3 Å². The van der Waals surface area contributed by atoms with Crippen molar-refractivity contribution in [3.63, 3.8) is 0 Å². The van der Waals surface area contributed by atoms with Gasteiger partial charge < -0.3 is 34.7 Å². The molecule has 2 heterocycles. The molecule has 0 unspecified atom stereocenters. The molecule has 14 heteroatoms. The van der Waals surface area contributed by atoms with Crippen LogP contribution in [0.1, 0.15) is 115 Å². The molecule has 0 aliphatic heterocycles. The highest BCUT2D eigenvalue weighted by Gasteiger charge is 2.45. The summed E-state index contributed by atoms with van der Waals surface area (Å²) in [6.07, 6.45) is 7.31. The lowest BCUT2D eigenvalue weighted by atomic mass is 9.65. The van der Waals surface area contributed by atoms with E-state index in [0.717, 1.165) is 109 Å². The van der Waals surface area contributed by atoms with Crippen molar-refractivity contribution in [3.8, 4) is 5.75 Å². The Labute approximate surface area is 427 Å². The van der Waals surface area contributed by atoms with E-state index in [2.05, 4.69) is 110 Å². The van der Waals surface area contributed by atoms with Crippen LogP contribution in [0.4, 0.5) is 36.4 Å².